The van der Waals surface area contributed by atoms with Crippen LogP contribution in [0.5, 0.6) is 0 Å². The van der Waals surface area contributed by atoms with Crippen LogP contribution in [0.2, 0.25) is 0 Å². The summed E-state index contributed by atoms with van der Waals surface area (Å²) in [7, 11) is 3.27. The lowest BCUT2D eigenvalue weighted by Gasteiger charge is -2.22. The van der Waals surface area contributed by atoms with Gasteiger partial charge in [0, 0.05) is 50.7 Å². The Morgan fingerprint density at radius 3 is 2.47 bits per heavy atom. The third-order valence-corrected chi connectivity index (χ3v) is 5.85. The lowest BCUT2D eigenvalue weighted by Crippen LogP contribution is -2.37. The first-order valence-corrected chi connectivity index (χ1v) is 10.8. The topological polar surface area (TPSA) is 76.6 Å². The van der Waals surface area contributed by atoms with Crippen molar-refractivity contribution in [3.63, 3.8) is 0 Å². The van der Waals surface area contributed by atoms with Crippen molar-refractivity contribution in [2.24, 2.45) is 0 Å². The molecule has 3 rings (SSSR count). The number of methoxy groups -OCH3 is 2. The maximum absolute atomic E-state index is 12.6. The van der Waals surface area contributed by atoms with Crippen LogP contribution in [0.3, 0.4) is 0 Å². The number of ether oxygens (including phenoxy) is 2. The zero-order valence-corrected chi connectivity index (χ0v) is 18.5. The molecule has 1 aromatic carbocycles. The fraction of sp³-hybridized carbons (Fsp3) is 0.409. The van der Waals surface area contributed by atoms with Crippen LogP contribution in [0.4, 0.5) is 5.82 Å². The molecular weight excluding hydrogens is 400 g/mol. The SMILES string of the molecule is COCCN(CCOC)C(=O)CCNc1ncnc2sc(C)c(-c3ccccc3)c12. The molecule has 0 atom stereocenters. The van der Waals surface area contributed by atoms with Gasteiger partial charge in [-0.3, -0.25) is 4.79 Å². The summed E-state index contributed by atoms with van der Waals surface area (Å²) in [6, 6.07) is 10.3. The molecule has 1 amide bonds. The molecule has 0 aliphatic heterocycles. The second-order valence-electron chi connectivity index (χ2n) is 6.84. The minimum atomic E-state index is 0.0617. The number of amides is 1. The number of carbonyl (C=O) groups excluding carboxylic acids is 1. The van der Waals surface area contributed by atoms with E-state index in [1.165, 1.54) is 4.88 Å². The first-order valence-electron chi connectivity index (χ1n) is 9.94. The van der Waals surface area contributed by atoms with Gasteiger partial charge in [-0.25, -0.2) is 9.97 Å². The summed E-state index contributed by atoms with van der Waals surface area (Å²) in [4.78, 5) is 25.5. The predicted octanol–water partition coefficient (Wildman–Crippen LogP) is 3.59. The van der Waals surface area contributed by atoms with Gasteiger partial charge in [0.2, 0.25) is 5.91 Å². The molecule has 0 aliphatic rings. The van der Waals surface area contributed by atoms with E-state index in [0.717, 1.165) is 27.2 Å². The summed E-state index contributed by atoms with van der Waals surface area (Å²) in [5, 5.41) is 4.36. The Balaban J connectivity index is 1.74. The average Bonchev–Trinajstić information content (AvgIpc) is 3.11. The standard InChI is InChI=1S/C22H28N4O3S/c1-16-19(17-7-5-4-6-8-17)20-21(24-15-25-22(20)30-16)23-10-9-18(27)26(11-13-28-2)12-14-29-3/h4-8,15H,9-14H2,1-3H3,(H,23,24,25). The highest BCUT2D eigenvalue weighted by Crippen LogP contribution is 2.40. The summed E-state index contributed by atoms with van der Waals surface area (Å²) in [6.07, 6.45) is 1.93. The highest BCUT2D eigenvalue weighted by molar-refractivity contribution is 7.19. The largest absolute Gasteiger partial charge is 0.383 e. The molecule has 1 N–H and O–H groups in total. The van der Waals surface area contributed by atoms with E-state index in [-0.39, 0.29) is 5.91 Å². The van der Waals surface area contributed by atoms with Crippen molar-refractivity contribution in [3.05, 3.63) is 41.5 Å². The number of nitrogens with zero attached hydrogens (tertiary/aromatic N) is 3. The van der Waals surface area contributed by atoms with Crippen LogP contribution < -0.4 is 5.32 Å². The number of carbonyl (C=O) groups is 1. The van der Waals surface area contributed by atoms with Crippen LogP contribution >= 0.6 is 11.3 Å². The maximum Gasteiger partial charge on any atom is 0.224 e. The number of thiophene rings is 1. The van der Waals surface area contributed by atoms with Crippen LogP contribution in [0, 0.1) is 6.92 Å². The molecule has 0 radical (unpaired) electrons. The van der Waals surface area contributed by atoms with Crippen molar-refractivity contribution in [1.82, 2.24) is 14.9 Å². The summed E-state index contributed by atoms with van der Waals surface area (Å²) in [6.45, 7) is 4.71. The normalized spacial score (nSPS) is 11.0. The zero-order valence-electron chi connectivity index (χ0n) is 17.7. The highest BCUT2D eigenvalue weighted by atomic mass is 32.1. The van der Waals surface area contributed by atoms with E-state index in [1.807, 2.05) is 18.2 Å². The van der Waals surface area contributed by atoms with Crippen molar-refractivity contribution >= 4 is 33.3 Å². The third kappa shape index (κ3) is 5.33. The van der Waals surface area contributed by atoms with E-state index in [4.69, 9.17) is 9.47 Å². The highest BCUT2D eigenvalue weighted by Gasteiger charge is 2.17. The number of aromatic nitrogens is 2. The Morgan fingerprint density at radius 1 is 1.10 bits per heavy atom. The Kier molecular flexibility index (Phi) is 8.12. The van der Waals surface area contributed by atoms with Gasteiger partial charge in [0.05, 0.1) is 18.6 Å². The summed E-state index contributed by atoms with van der Waals surface area (Å²) in [5.74, 6) is 0.822. The van der Waals surface area contributed by atoms with Crippen LogP contribution in [-0.4, -0.2) is 67.8 Å². The van der Waals surface area contributed by atoms with Crippen LogP contribution in [0.25, 0.3) is 21.3 Å². The van der Waals surface area contributed by atoms with Crippen molar-refractivity contribution in [3.8, 4) is 11.1 Å². The Labute approximate surface area is 181 Å². The lowest BCUT2D eigenvalue weighted by atomic mass is 10.0. The zero-order chi connectivity index (χ0) is 21.3. The average molecular weight is 429 g/mol. The molecule has 0 saturated heterocycles. The third-order valence-electron chi connectivity index (χ3n) is 4.84. The summed E-state index contributed by atoms with van der Waals surface area (Å²) >= 11 is 1.66. The second-order valence-corrected chi connectivity index (χ2v) is 8.05. The Hall–Kier alpha value is -2.55. The van der Waals surface area contributed by atoms with Crippen LogP contribution in [0.1, 0.15) is 11.3 Å². The van der Waals surface area contributed by atoms with E-state index in [0.29, 0.717) is 39.3 Å². The smallest absolute Gasteiger partial charge is 0.224 e. The second kappa shape index (κ2) is 11.0. The molecule has 7 nitrogen and oxygen atoms in total. The Bertz CT molecular complexity index is 954. The Morgan fingerprint density at radius 2 is 1.80 bits per heavy atom. The van der Waals surface area contributed by atoms with E-state index >= 15 is 0 Å². The number of hydrogen-bond donors (Lipinski definition) is 1. The first-order chi connectivity index (χ1) is 14.7. The fourth-order valence-electron chi connectivity index (χ4n) is 3.34. The van der Waals surface area contributed by atoms with Gasteiger partial charge in [-0.1, -0.05) is 30.3 Å². The van der Waals surface area contributed by atoms with E-state index in [2.05, 4.69) is 34.3 Å². The minimum Gasteiger partial charge on any atom is -0.383 e. The number of fused-ring (bicyclic) bond motifs is 1. The summed E-state index contributed by atoms with van der Waals surface area (Å²) in [5.41, 5.74) is 2.28. The molecule has 2 heterocycles. The number of aryl methyl sites for hydroxylation is 1. The summed E-state index contributed by atoms with van der Waals surface area (Å²) < 4.78 is 10.2. The number of rotatable bonds is 11. The van der Waals surface area contributed by atoms with Crippen molar-refractivity contribution in [2.45, 2.75) is 13.3 Å². The van der Waals surface area contributed by atoms with Crippen LogP contribution in [0.15, 0.2) is 36.7 Å². The number of anilines is 1. The molecule has 0 spiro atoms. The van der Waals surface area contributed by atoms with Gasteiger partial charge in [-0.05, 0) is 12.5 Å². The van der Waals surface area contributed by atoms with E-state index in [9.17, 15) is 4.79 Å². The molecule has 30 heavy (non-hydrogen) atoms. The first kappa shape index (κ1) is 22.1. The molecule has 0 fully saturated rings. The van der Waals surface area contributed by atoms with Crippen LogP contribution in [-0.2, 0) is 14.3 Å². The van der Waals surface area contributed by atoms with Gasteiger partial charge in [0.15, 0.2) is 0 Å². The molecule has 0 unspecified atom stereocenters. The number of benzene rings is 1. The lowest BCUT2D eigenvalue weighted by molar-refractivity contribution is -0.132. The maximum atomic E-state index is 12.6. The quantitative estimate of drug-likeness (QED) is 0.503. The fourth-order valence-corrected chi connectivity index (χ4v) is 4.35. The predicted molar refractivity (Wildman–Crippen MR) is 121 cm³/mol. The van der Waals surface area contributed by atoms with Crippen molar-refractivity contribution in [1.29, 1.82) is 0 Å². The van der Waals surface area contributed by atoms with Crippen molar-refractivity contribution in [2.75, 3.05) is 52.4 Å². The van der Waals surface area contributed by atoms with Gasteiger partial charge in [0.25, 0.3) is 0 Å². The molecule has 0 aliphatic carbocycles. The van der Waals surface area contributed by atoms with E-state index < -0.39 is 0 Å². The van der Waals surface area contributed by atoms with Gasteiger partial charge in [0.1, 0.15) is 17.0 Å². The monoisotopic (exact) mass is 428 g/mol. The molecule has 0 saturated carbocycles. The van der Waals surface area contributed by atoms with Crippen molar-refractivity contribution < 1.29 is 14.3 Å². The van der Waals surface area contributed by atoms with E-state index in [1.54, 1.807) is 36.8 Å². The molecule has 2 aromatic heterocycles. The molecular formula is C22H28N4O3S. The molecule has 8 heteroatoms. The molecule has 160 valence electrons. The number of nitrogens with one attached hydrogen (secondary N) is 1. The van der Waals surface area contributed by atoms with Gasteiger partial charge >= 0.3 is 0 Å². The molecule has 0 bridgehead atoms. The van der Waals surface area contributed by atoms with Gasteiger partial charge in [-0.15, -0.1) is 11.3 Å². The number of hydrogen-bond acceptors (Lipinski definition) is 7. The minimum absolute atomic E-state index is 0.0617. The van der Waals surface area contributed by atoms with Gasteiger partial charge in [-0.2, -0.15) is 0 Å². The molecule has 3 aromatic rings. The van der Waals surface area contributed by atoms with Gasteiger partial charge < -0.3 is 19.7 Å².